The van der Waals surface area contributed by atoms with E-state index < -0.39 is 5.97 Å². The molecule has 5 nitrogen and oxygen atoms in total. The molecule has 0 aliphatic carbocycles. The van der Waals surface area contributed by atoms with E-state index in [1.807, 2.05) is 53.4 Å². The summed E-state index contributed by atoms with van der Waals surface area (Å²) in [4.78, 5) is 12.6. The molecule has 0 bridgehead atoms. The number of thiazole rings is 1. The molecule has 7 heteroatoms. The maximum atomic E-state index is 10.8. The Balaban J connectivity index is 2.01. The lowest BCUT2D eigenvalue weighted by Gasteiger charge is -1.99. The largest absolute Gasteiger partial charge is 0.481 e. The Morgan fingerprint density at radius 1 is 1.22 bits per heavy atom. The molecule has 0 spiro atoms. The quantitative estimate of drug-likeness (QED) is 0.568. The van der Waals surface area contributed by atoms with E-state index in [4.69, 9.17) is 5.11 Å². The Kier molecular flexibility index (Phi) is 4.68. The van der Waals surface area contributed by atoms with Gasteiger partial charge in [0.15, 0.2) is 0 Å². The van der Waals surface area contributed by atoms with Crippen LogP contribution in [0.3, 0.4) is 0 Å². The van der Waals surface area contributed by atoms with E-state index in [1.54, 1.807) is 11.3 Å². The van der Waals surface area contributed by atoms with Crippen molar-refractivity contribution >= 4 is 44.6 Å². The minimum absolute atomic E-state index is 0.0464. The SMILES string of the molecule is Cn1/c(=N\N=C(\CCC(=O)O)c2cccs2)sc2ccccc21. The fourth-order valence-electron chi connectivity index (χ4n) is 2.17. The highest BCUT2D eigenvalue weighted by Gasteiger charge is 2.08. The van der Waals surface area contributed by atoms with Crippen molar-refractivity contribution < 1.29 is 9.90 Å². The van der Waals surface area contributed by atoms with Crippen LogP contribution in [0.4, 0.5) is 0 Å². The summed E-state index contributed by atoms with van der Waals surface area (Å²) in [7, 11) is 1.95. The maximum Gasteiger partial charge on any atom is 0.303 e. The molecule has 0 saturated heterocycles. The van der Waals surface area contributed by atoms with Crippen LogP contribution in [0.25, 0.3) is 10.2 Å². The van der Waals surface area contributed by atoms with Crippen molar-refractivity contribution in [2.45, 2.75) is 12.8 Å². The van der Waals surface area contributed by atoms with Gasteiger partial charge in [-0.15, -0.1) is 16.4 Å². The van der Waals surface area contributed by atoms with Crippen molar-refractivity contribution in [2.24, 2.45) is 17.3 Å². The summed E-state index contributed by atoms with van der Waals surface area (Å²) in [5, 5.41) is 19.6. The van der Waals surface area contributed by atoms with Gasteiger partial charge in [-0.2, -0.15) is 5.10 Å². The zero-order chi connectivity index (χ0) is 16.2. The molecule has 0 saturated carbocycles. The average molecular weight is 345 g/mol. The molecule has 2 heterocycles. The van der Waals surface area contributed by atoms with Gasteiger partial charge in [0.25, 0.3) is 0 Å². The van der Waals surface area contributed by atoms with Gasteiger partial charge in [-0.25, -0.2) is 0 Å². The zero-order valence-electron chi connectivity index (χ0n) is 12.5. The van der Waals surface area contributed by atoms with Crippen molar-refractivity contribution in [3.05, 3.63) is 51.5 Å². The van der Waals surface area contributed by atoms with Crippen LogP contribution in [-0.2, 0) is 11.8 Å². The molecule has 118 valence electrons. The Hall–Kier alpha value is -2.25. The first-order valence-corrected chi connectivity index (χ1v) is 8.75. The predicted molar refractivity (Wildman–Crippen MR) is 94.1 cm³/mol. The molecule has 0 fully saturated rings. The molecule has 0 atom stereocenters. The van der Waals surface area contributed by atoms with E-state index >= 15 is 0 Å². The predicted octanol–water partition coefficient (Wildman–Crippen LogP) is 3.47. The Labute approximate surface area is 140 Å². The van der Waals surface area contributed by atoms with E-state index in [-0.39, 0.29) is 6.42 Å². The normalized spacial score (nSPS) is 12.9. The number of benzene rings is 1. The zero-order valence-corrected chi connectivity index (χ0v) is 14.1. The molecular weight excluding hydrogens is 330 g/mol. The molecule has 1 aromatic carbocycles. The Bertz CT molecular complexity index is 920. The fourth-order valence-corrected chi connectivity index (χ4v) is 3.88. The van der Waals surface area contributed by atoms with Crippen molar-refractivity contribution in [3.8, 4) is 0 Å². The van der Waals surface area contributed by atoms with Crippen LogP contribution in [0.1, 0.15) is 17.7 Å². The number of carboxylic acid groups (broad SMARTS) is 1. The van der Waals surface area contributed by atoms with Crippen LogP contribution in [0.15, 0.2) is 52.0 Å². The fraction of sp³-hybridized carbons (Fsp3) is 0.188. The maximum absolute atomic E-state index is 10.8. The summed E-state index contributed by atoms with van der Waals surface area (Å²) < 4.78 is 3.14. The van der Waals surface area contributed by atoms with E-state index in [1.165, 1.54) is 11.3 Å². The second-order valence-electron chi connectivity index (χ2n) is 4.93. The number of carboxylic acids is 1. The number of carbonyl (C=O) groups is 1. The number of nitrogens with zero attached hydrogens (tertiary/aromatic N) is 3. The molecule has 0 unspecified atom stereocenters. The lowest BCUT2D eigenvalue weighted by molar-refractivity contribution is -0.136. The molecule has 0 aliphatic heterocycles. The van der Waals surface area contributed by atoms with Gasteiger partial charge in [0.05, 0.1) is 27.2 Å². The van der Waals surface area contributed by atoms with Gasteiger partial charge in [0, 0.05) is 13.5 Å². The number of hydrogen-bond donors (Lipinski definition) is 1. The molecule has 3 aromatic rings. The highest BCUT2D eigenvalue weighted by molar-refractivity contribution is 7.16. The van der Waals surface area contributed by atoms with E-state index in [0.29, 0.717) is 12.1 Å². The minimum Gasteiger partial charge on any atom is -0.481 e. The summed E-state index contributed by atoms with van der Waals surface area (Å²) >= 11 is 3.10. The van der Waals surface area contributed by atoms with E-state index in [0.717, 1.165) is 19.9 Å². The highest BCUT2D eigenvalue weighted by Crippen LogP contribution is 2.16. The van der Waals surface area contributed by atoms with Crippen LogP contribution >= 0.6 is 22.7 Å². The molecule has 2 aromatic heterocycles. The second-order valence-corrected chi connectivity index (χ2v) is 6.89. The lowest BCUT2D eigenvalue weighted by Crippen LogP contribution is -2.10. The lowest BCUT2D eigenvalue weighted by atomic mass is 10.2. The first-order valence-electron chi connectivity index (χ1n) is 7.06. The summed E-state index contributed by atoms with van der Waals surface area (Å²) in [6, 6.07) is 11.9. The molecule has 23 heavy (non-hydrogen) atoms. The average Bonchev–Trinajstić information content (AvgIpc) is 3.17. The minimum atomic E-state index is -0.832. The number of fused-ring (bicyclic) bond motifs is 1. The third kappa shape index (κ3) is 3.57. The first-order chi connectivity index (χ1) is 11.1. The van der Waals surface area contributed by atoms with E-state index in [2.05, 4.69) is 10.2 Å². The van der Waals surface area contributed by atoms with E-state index in [9.17, 15) is 4.79 Å². The van der Waals surface area contributed by atoms with Crippen molar-refractivity contribution in [1.82, 2.24) is 4.57 Å². The van der Waals surface area contributed by atoms with Crippen molar-refractivity contribution in [2.75, 3.05) is 0 Å². The van der Waals surface area contributed by atoms with Crippen LogP contribution in [0.5, 0.6) is 0 Å². The van der Waals surface area contributed by atoms with Crippen LogP contribution in [-0.4, -0.2) is 21.4 Å². The second kappa shape index (κ2) is 6.89. The number of hydrogen-bond acceptors (Lipinski definition) is 5. The standard InChI is InChI=1S/C16H15N3O2S2/c1-19-12-5-2-3-6-14(12)23-16(19)18-17-11(8-9-15(20)21)13-7-4-10-22-13/h2-7,10H,8-9H2,1H3,(H,20,21)/b17-11-,18-16+. The van der Waals surface area contributed by atoms with Crippen LogP contribution < -0.4 is 4.80 Å². The number of rotatable bonds is 5. The molecule has 3 rings (SSSR count). The molecule has 1 N–H and O–H groups in total. The molecular formula is C16H15N3O2S2. The Morgan fingerprint density at radius 2 is 2.04 bits per heavy atom. The third-order valence-corrected chi connectivity index (χ3v) is 5.37. The summed E-state index contributed by atoms with van der Waals surface area (Å²) in [6.45, 7) is 0. The number of aromatic nitrogens is 1. The number of aliphatic carboxylic acids is 1. The van der Waals surface area contributed by atoms with Gasteiger partial charge in [0.1, 0.15) is 0 Å². The van der Waals surface area contributed by atoms with Crippen LogP contribution in [0, 0.1) is 0 Å². The van der Waals surface area contributed by atoms with Gasteiger partial charge >= 0.3 is 5.97 Å². The van der Waals surface area contributed by atoms with Gasteiger partial charge in [-0.1, -0.05) is 29.5 Å². The summed E-state index contributed by atoms with van der Waals surface area (Å²) in [6.07, 6.45) is 0.415. The topological polar surface area (TPSA) is 67.0 Å². The third-order valence-electron chi connectivity index (χ3n) is 3.35. The number of aryl methyl sites for hydroxylation is 1. The van der Waals surface area contributed by atoms with Gasteiger partial charge < -0.3 is 9.67 Å². The summed E-state index contributed by atoms with van der Waals surface area (Å²) in [5.74, 6) is -0.832. The molecule has 0 amide bonds. The number of para-hydroxylation sites is 1. The Morgan fingerprint density at radius 3 is 2.74 bits per heavy atom. The summed E-state index contributed by atoms with van der Waals surface area (Å²) in [5.41, 5.74) is 1.81. The number of thiophene rings is 1. The highest BCUT2D eigenvalue weighted by atomic mass is 32.1. The van der Waals surface area contributed by atoms with Crippen molar-refractivity contribution in [3.63, 3.8) is 0 Å². The van der Waals surface area contributed by atoms with Gasteiger partial charge in [0.2, 0.25) is 4.80 Å². The molecule has 0 aliphatic rings. The smallest absolute Gasteiger partial charge is 0.303 e. The molecule has 0 radical (unpaired) electrons. The monoisotopic (exact) mass is 345 g/mol. The van der Waals surface area contributed by atoms with Gasteiger partial charge in [-0.3, -0.25) is 4.79 Å². The van der Waals surface area contributed by atoms with Crippen LogP contribution in [0.2, 0.25) is 0 Å². The van der Waals surface area contributed by atoms with Gasteiger partial charge in [-0.05, 0) is 23.6 Å². The van der Waals surface area contributed by atoms with Crippen molar-refractivity contribution in [1.29, 1.82) is 0 Å². The first kappa shape index (κ1) is 15.6.